The molecule has 0 amide bonds. The fourth-order valence-corrected chi connectivity index (χ4v) is 3.88. The van der Waals surface area contributed by atoms with Gasteiger partial charge >= 0.3 is 0 Å². The molecule has 3 rings (SSSR count). The fraction of sp³-hybridized carbons (Fsp3) is 0.571. The molecule has 0 aliphatic carbocycles. The first-order valence-corrected chi connectivity index (χ1v) is 8.07. The van der Waals surface area contributed by atoms with Crippen molar-refractivity contribution in [3.63, 3.8) is 0 Å². The van der Waals surface area contributed by atoms with Crippen LogP contribution >= 0.6 is 11.3 Å². The van der Waals surface area contributed by atoms with Crippen LogP contribution in [0.5, 0.6) is 0 Å². The van der Waals surface area contributed by atoms with Gasteiger partial charge in [-0.3, -0.25) is 4.90 Å². The number of likely N-dealkylation sites (tertiary alicyclic amines) is 1. The quantitative estimate of drug-likeness (QED) is 0.670. The van der Waals surface area contributed by atoms with Gasteiger partial charge in [0.1, 0.15) is 10.7 Å². The van der Waals surface area contributed by atoms with E-state index in [0.29, 0.717) is 12.1 Å². The predicted molar refractivity (Wildman–Crippen MR) is 83.5 cm³/mol. The number of hydrogen-bond acceptors (Lipinski definition) is 6. The number of hydrogen-bond donors (Lipinski definition) is 2. The molecule has 0 spiro atoms. The van der Waals surface area contributed by atoms with Gasteiger partial charge in [-0.05, 0) is 37.6 Å². The highest BCUT2D eigenvalue weighted by atomic mass is 32.1. The minimum atomic E-state index is 0.608. The number of fused-ring (bicyclic) bond motifs is 1. The van der Waals surface area contributed by atoms with E-state index in [1.165, 1.54) is 19.3 Å². The van der Waals surface area contributed by atoms with E-state index in [0.717, 1.165) is 28.4 Å². The minimum Gasteiger partial charge on any atom is -0.308 e. The average Bonchev–Trinajstić information content (AvgIpc) is 3.05. The number of hydrazine groups is 1. The fourth-order valence-electron chi connectivity index (χ4n) is 3.09. The van der Waals surface area contributed by atoms with Crippen molar-refractivity contribution in [3.05, 3.63) is 17.3 Å². The average molecular weight is 291 g/mol. The monoisotopic (exact) mass is 291 g/mol. The topological polar surface area (TPSA) is 67.1 Å². The highest BCUT2D eigenvalue weighted by molar-refractivity contribution is 7.16. The van der Waals surface area contributed by atoms with Gasteiger partial charge in [-0.25, -0.2) is 15.8 Å². The third-order valence-corrected chi connectivity index (χ3v) is 5.06. The van der Waals surface area contributed by atoms with Crippen molar-refractivity contribution in [2.24, 2.45) is 5.84 Å². The molecule has 20 heavy (non-hydrogen) atoms. The lowest BCUT2D eigenvalue weighted by Gasteiger charge is -2.26. The summed E-state index contributed by atoms with van der Waals surface area (Å²) >= 11 is 1.63. The number of aromatic nitrogens is 2. The number of nitrogens with zero attached hydrogens (tertiary/aromatic N) is 3. The molecular weight excluding hydrogens is 270 g/mol. The largest absolute Gasteiger partial charge is 0.308 e. The van der Waals surface area contributed by atoms with Crippen molar-refractivity contribution in [3.8, 4) is 0 Å². The van der Waals surface area contributed by atoms with E-state index in [4.69, 9.17) is 5.84 Å². The second-order valence-corrected chi connectivity index (χ2v) is 6.33. The molecule has 0 bridgehead atoms. The summed E-state index contributed by atoms with van der Waals surface area (Å²) < 4.78 is 0. The van der Waals surface area contributed by atoms with Gasteiger partial charge < -0.3 is 5.43 Å². The molecule has 1 aliphatic heterocycles. The van der Waals surface area contributed by atoms with Gasteiger partial charge in [-0.1, -0.05) is 6.92 Å². The number of nitrogens with one attached hydrogen (secondary N) is 1. The third-order valence-electron chi connectivity index (χ3n) is 4.26. The van der Waals surface area contributed by atoms with E-state index < -0.39 is 0 Å². The summed E-state index contributed by atoms with van der Waals surface area (Å²) in [6.45, 7) is 5.36. The van der Waals surface area contributed by atoms with Gasteiger partial charge in [0.25, 0.3) is 0 Å². The molecular formula is C14H21N5S. The number of nitrogens with two attached hydrogens (primary N) is 1. The summed E-state index contributed by atoms with van der Waals surface area (Å²) in [6.07, 6.45) is 3.73. The van der Waals surface area contributed by atoms with Crippen LogP contribution in [0.3, 0.4) is 0 Å². The number of rotatable bonds is 4. The van der Waals surface area contributed by atoms with Crippen molar-refractivity contribution >= 4 is 27.4 Å². The molecule has 0 radical (unpaired) electrons. The second-order valence-electron chi connectivity index (χ2n) is 5.43. The van der Waals surface area contributed by atoms with Gasteiger partial charge in [0, 0.05) is 12.1 Å². The molecule has 1 fully saturated rings. The Morgan fingerprint density at radius 1 is 1.45 bits per heavy atom. The van der Waals surface area contributed by atoms with E-state index in [2.05, 4.69) is 34.1 Å². The summed E-state index contributed by atoms with van der Waals surface area (Å²) in [5, 5.41) is 3.03. The van der Waals surface area contributed by atoms with Gasteiger partial charge in [-0.15, -0.1) is 11.3 Å². The van der Waals surface area contributed by atoms with E-state index >= 15 is 0 Å². The van der Waals surface area contributed by atoms with Gasteiger partial charge in [0.05, 0.1) is 11.9 Å². The SMILES string of the molecule is CCC1CCC(C)N1Cc1nc(NN)c2ccsc2n1. The Balaban J connectivity index is 1.90. The molecule has 1 saturated heterocycles. The van der Waals surface area contributed by atoms with Gasteiger partial charge in [-0.2, -0.15) is 0 Å². The van der Waals surface area contributed by atoms with Crippen LogP contribution in [-0.2, 0) is 6.54 Å². The molecule has 2 unspecified atom stereocenters. The maximum Gasteiger partial charge on any atom is 0.152 e. The first-order chi connectivity index (χ1) is 9.72. The maximum absolute atomic E-state index is 5.58. The summed E-state index contributed by atoms with van der Waals surface area (Å²) in [5.41, 5.74) is 2.69. The molecule has 2 atom stereocenters. The highest BCUT2D eigenvalue weighted by Crippen LogP contribution is 2.29. The standard InChI is InChI=1S/C14H21N5S/c1-3-10-5-4-9(2)19(10)8-12-16-13(18-15)11-6-7-20-14(11)17-12/h6-7,9-10H,3-5,8,15H2,1-2H3,(H,16,17,18). The van der Waals surface area contributed by atoms with Gasteiger partial charge in [0.15, 0.2) is 5.82 Å². The third kappa shape index (κ3) is 2.39. The molecule has 2 aromatic rings. The first-order valence-electron chi connectivity index (χ1n) is 7.19. The summed E-state index contributed by atoms with van der Waals surface area (Å²) in [7, 11) is 0. The predicted octanol–water partition coefficient (Wildman–Crippen LogP) is 2.74. The lowest BCUT2D eigenvalue weighted by Crippen LogP contribution is -2.34. The van der Waals surface area contributed by atoms with E-state index in [-0.39, 0.29) is 0 Å². The minimum absolute atomic E-state index is 0.608. The van der Waals surface area contributed by atoms with Crippen molar-refractivity contribution in [2.45, 2.75) is 51.7 Å². The molecule has 3 heterocycles. The zero-order valence-electron chi connectivity index (χ0n) is 12.0. The van der Waals surface area contributed by atoms with Crippen molar-refractivity contribution in [2.75, 3.05) is 5.43 Å². The van der Waals surface area contributed by atoms with Crippen LogP contribution in [0.1, 0.15) is 38.9 Å². The highest BCUT2D eigenvalue weighted by Gasteiger charge is 2.29. The van der Waals surface area contributed by atoms with Crippen LogP contribution in [0, 0.1) is 0 Å². The summed E-state index contributed by atoms with van der Waals surface area (Å²) in [4.78, 5) is 12.8. The summed E-state index contributed by atoms with van der Waals surface area (Å²) in [6, 6.07) is 3.27. The van der Waals surface area contributed by atoms with Crippen LogP contribution in [0.15, 0.2) is 11.4 Å². The van der Waals surface area contributed by atoms with Crippen LogP contribution in [0.25, 0.3) is 10.2 Å². The molecule has 108 valence electrons. The Morgan fingerprint density at radius 2 is 2.30 bits per heavy atom. The van der Waals surface area contributed by atoms with Crippen molar-refractivity contribution < 1.29 is 0 Å². The normalized spacial score (nSPS) is 23.6. The van der Waals surface area contributed by atoms with E-state index in [1.807, 2.05) is 11.4 Å². The molecule has 6 heteroatoms. The Bertz CT molecular complexity index is 596. The number of anilines is 1. The first kappa shape index (κ1) is 13.7. The smallest absolute Gasteiger partial charge is 0.152 e. The molecule has 3 N–H and O–H groups in total. The Kier molecular flexibility index (Phi) is 3.87. The molecule has 2 aromatic heterocycles. The van der Waals surface area contributed by atoms with Crippen LogP contribution in [0.4, 0.5) is 5.82 Å². The van der Waals surface area contributed by atoms with E-state index in [1.54, 1.807) is 11.3 Å². The Labute approximate surface area is 123 Å². The zero-order chi connectivity index (χ0) is 14.1. The maximum atomic E-state index is 5.58. The van der Waals surface area contributed by atoms with Crippen LogP contribution in [0.2, 0.25) is 0 Å². The van der Waals surface area contributed by atoms with Gasteiger partial charge in [0.2, 0.25) is 0 Å². The molecule has 5 nitrogen and oxygen atoms in total. The lowest BCUT2D eigenvalue weighted by molar-refractivity contribution is 0.185. The Morgan fingerprint density at radius 3 is 3.05 bits per heavy atom. The number of nitrogen functional groups attached to an aromatic ring is 1. The van der Waals surface area contributed by atoms with Crippen molar-refractivity contribution in [1.82, 2.24) is 14.9 Å². The second kappa shape index (κ2) is 5.63. The van der Waals surface area contributed by atoms with E-state index in [9.17, 15) is 0 Å². The lowest BCUT2D eigenvalue weighted by atomic mass is 10.1. The number of thiophene rings is 1. The molecule has 0 aromatic carbocycles. The molecule has 0 saturated carbocycles. The molecule has 1 aliphatic rings. The van der Waals surface area contributed by atoms with Crippen molar-refractivity contribution in [1.29, 1.82) is 0 Å². The summed E-state index contributed by atoms with van der Waals surface area (Å²) in [5.74, 6) is 7.17. The Hall–Kier alpha value is -1.24. The zero-order valence-corrected chi connectivity index (χ0v) is 12.8. The van der Waals surface area contributed by atoms with Crippen LogP contribution in [-0.4, -0.2) is 27.0 Å². The van der Waals surface area contributed by atoms with Crippen LogP contribution < -0.4 is 11.3 Å².